The highest BCUT2D eigenvalue weighted by Crippen LogP contribution is 2.09. The van der Waals surface area contributed by atoms with Gasteiger partial charge in [-0.3, -0.25) is 9.79 Å². The molecule has 140 valence electrons. The van der Waals surface area contributed by atoms with E-state index in [0.29, 0.717) is 31.2 Å². The molecular formula is C19H24ClIN4O. The number of nitrogens with one attached hydrogen (secondary N) is 3. The summed E-state index contributed by atoms with van der Waals surface area (Å²) < 4.78 is 0. The maximum absolute atomic E-state index is 11.7. The number of benzene rings is 2. The number of carbonyl (C=O) groups excluding carboxylic acids is 1. The van der Waals surface area contributed by atoms with Crippen molar-refractivity contribution < 1.29 is 4.79 Å². The fourth-order valence-electron chi connectivity index (χ4n) is 2.23. The van der Waals surface area contributed by atoms with Crippen LogP contribution in [0.15, 0.2) is 53.5 Å². The molecule has 3 N–H and O–H groups in total. The predicted molar refractivity (Wildman–Crippen MR) is 118 cm³/mol. The second kappa shape index (κ2) is 11.7. The summed E-state index contributed by atoms with van der Waals surface area (Å²) >= 11 is 5.89. The summed E-state index contributed by atoms with van der Waals surface area (Å²) in [5.74, 6) is 0.658. The van der Waals surface area contributed by atoms with Crippen LogP contribution in [0.5, 0.6) is 0 Å². The van der Waals surface area contributed by atoms with E-state index in [9.17, 15) is 4.79 Å². The molecule has 5 nitrogen and oxygen atoms in total. The minimum atomic E-state index is -0.0533. The molecular weight excluding hydrogens is 463 g/mol. The third-order valence-corrected chi connectivity index (χ3v) is 3.86. The van der Waals surface area contributed by atoms with Crippen molar-refractivity contribution in [3.63, 3.8) is 0 Å². The zero-order valence-electron chi connectivity index (χ0n) is 14.9. The average molecular weight is 487 g/mol. The predicted octanol–water partition coefficient (Wildman–Crippen LogP) is 3.57. The van der Waals surface area contributed by atoms with Crippen LogP contribution in [0.25, 0.3) is 0 Å². The molecule has 0 aliphatic carbocycles. The number of rotatable bonds is 6. The Kier molecular flexibility index (Phi) is 10.0. The zero-order chi connectivity index (χ0) is 18.1. The Bertz CT molecular complexity index is 717. The van der Waals surface area contributed by atoms with Crippen LogP contribution in [-0.2, 0) is 13.1 Å². The van der Waals surface area contributed by atoms with Gasteiger partial charge in [-0.25, -0.2) is 0 Å². The van der Waals surface area contributed by atoms with Gasteiger partial charge in [0.05, 0.1) is 0 Å². The van der Waals surface area contributed by atoms with Gasteiger partial charge in [0.1, 0.15) is 0 Å². The molecule has 0 aliphatic rings. The summed E-state index contributed by atoms with van der Waals surface area (Å²) in [6.45, 7) is 3.81. The summed E-state index contributed by atoms with van der Waals surface area (Å²) in [5, 5.41) is 10.0. The van der Waals surface area contributed by atoms with E-state index in [1.165, 1.54) is 0 Å². The number of nitrogens with zero attached hydrogens (tertiary/aromatic N) is 1. The van der Waals surface area contributed by atoms with Gasteiger partial charge in [-0.15, -0.1) is 24.0 Å². The van der Waals surface area contributed by atoms with E-state index >= 15 is 0 Å². The van der Waals surface area contributed by atoms with Crippen molar-refractivity contribution in [3.05, 3.63) is 70.2 Å². The normalized spacial score (nSPS) is 10.7. The highest BCUT2D eigenvalue weighted by Gasteiger charge is 2.04. The second-order valence-electron chi connectivity index (χ2n) is 5.46. The van der Waals surface area contributed by atoms with E-state index in [2.05, 4.69) is 20.9 Å². The SMILES string of the molecule is CCNC(=O)c1ccc(CNC(=NC)NCc2ccc(Cl)cc2)cc1.I. The minimum Gasteiger partial charge on any atom is -0.352 e. The number of aliphatic imine (C=N–C) groups is 1. The fraction of sp³-hybridized carbons (Fsp3) is 0.263. The van der Waals surface area contributed by atoms with Crippen LogP contribution in [0.2, 0.25) is 5.02 Å². The molecule has 1 amide bonds. The molecule has 0 aliphatic heterocycles. The van der Waals surface area contributed by atoms with Crippen LogP contribution in [-0.4, -0.2) is 25.5 Å². The lowest BCUT2D eigenvalue weighted by molar-refractivity contribution is 0.0956. The molecule has 2 aromatic carbocycles. The number of hydrogen-bond acceptors (Lipinski definition) is 2. The van der Waals surface area contributed by atoms with Crippen LogP contribution in [0.3, 0.4) is 0 Å². The first kappa shape index (κ1) is 22.2. The van der Waals surface area contributed by atoms with Crippen molar-refractivity contribution >= 4 is 47.4 Å². The lowest BCUT2D eigenvalue weighted by Gasteiger charge is -2.12. The van der Waals surface area contributed by atoms with Gasteiger partial charge in [0.25, 0.3) is 5.91 Å². The number of guanidine groups is 1. The first-order valence-electron chi connectivity index (χ1n) is 8.18. The summed E-state index contributed by atoms with van der Waals surface area (Å²) in [5.41, 5.74) is 2.86. The van der Waals surface area contributed by atoms with Crippen molar-refractivity contribution in [2.75, 3.05) is 13.6 Å². The van der Waals surface area contributed by atoms with Crippen LogP contribution in [0.1, 0.15) is 28.4 Å². The van der Waals surface area contributed by atoms with Crippen molar-refractivity contribution in [1.82, 2.24) is 16.0 Å². The van der Waals surface area contributed by atoms with Gasteiger partial charge in [0.15, 0.2) is 5.96 Å². The summed E-state index contributed by atoms with van der Waals surface area (Å²) in [6.07, 6.45) is 0. The summed E-state index contributed by atoms with van der Waals surface area (Å²) in [4.78, 5) is 16.0. The molecule has 0 spiro atoms. The van der Waals surface area contributed by atoms with Gasteiger partial charge in [0, 0.05) is 37.3 Å². The van der Waals surface area contributed by atoms with Crippen molar-refractivity contribution in [2.45, 2.75) is 20.0 Å². The lowest BCUT2D eigenvalue weighted by Crippen LogP contribution is -2.36. The van der Waals surface area contributed by atoms with Crippen LogP contribution in [0, 0.1) is 0 Å². The maximum atomic E-state index is 11.7. The highest BCUT2D eigenvalue weighted by atomic mass is 127. The maximum Gasteiger partial charge on any atom is 0.251 e. The summed E-state index contributed by atoms with van der Waals surface area (Å²) in [6, 6.07) is 15.2. The van der Waals surface area contributed by atoms with E-state index in [1.54, 1.807) is 7.05 Å². The molecule has 7 heteroatoms. The first-order valence-corrected chi connectivity index (χ1v) is 8.56. The van der Waals surface area contributed by atoms with Crippen molar-refractivity contribution in [2.24, 2.45) is 4.99 Å². The Balaban J connectivity index is 0.00000338. The molecule has 0 aromatic heterocycles. The van der Waals surface area contributed by atoms with E-state index in [4.69, 9.17) is 11.6 Å². The van der Waals surface area contributed by atoms with E-state index in [-0.39, 0.29) is 29.9 Å². The first-order chi connectivity index (χ1) is 12.1. The van der Waals surface area contributed by atoms with E-state index < -0.39 is 0 Å². The summed E-state index contributed by atoms with van der Waals surface area (Å²) in [7, 11) is 1.73. The smallest absolute Gasteiger partial charge is 0.251 e. The van der Waals surface area contributed by atoms with Crippen LogP contribution < -0.4 is 16.0 Å². The van der Waals surface area contributed by atoms with Crippen molar-refractivity contribution in [3.8, 4) is 0 Å². The molecule has 0 radical (unpaired) electrons. The molecule has 0 fully saturated rings. The Morgan fingerprint density at radius 1 is 0.923 bits per heavy atom. The Labute approximate surface area is 176 Å². The van der Waals surface area contributed by atoms with E-state index in [1.807, 2.05) is 55.5 Å². The Hall–Kier alpha value is -1.80. The lowest BCUT2D eigenvalue weighted by atomic mass is 10.1. The quantitative estimate of drug-likeness (QED) is 0.332. The average Bonchev–Trinajstić information content (AvgIpc) is 2.64. The molecule has 0 saturated heterocycles. The standard InChI is InChI=1S/C19H23ClN4O.HI/c1-3-22-18(25)16-8-4-14(5-9-16)12-23-19(21-2)24-13-15-6-10-17(20)11-7-15;/h4-11H,3,12-13H2,1-2H3,(H,22,25)(H2,21,23,24);1H. The molecule has 2 aromatic rings. The fourth-order valence-corrected chi connectivity index (χ4v) is 2.36. The monoisotopic (exact) mass is 486 g/mol. The van der Waals surface area contributed by atoms with Gasteiger partial charge in [-0.2, -0.15) is 0 Å². The number of halogens is 2. The molecule has 0 bridgehead atoms. The highest BCUT2D eigenvalue weighted by molar-refractivity contribution is 14.0. The number of amides is 1. The molecule has 26 heavy (non-hydrogen) atoms. The van der Waals surface area contributed by atoms with Gasteiger partial charge >= 0.3 is 0 Å². The van der Waals surface area contributed by atoms with Gasteiger partial charge in [0.2, 0.25) is 0 Å². The Morgan fingerprint density at radius 3 is 1.88 bits per heavy atom. The van der Waals surface area contributed by atoms with Crippen LogP contribution >= 0.6 is 35.6 Å². The largest absolute Gasteiger partial charge is 0.352 e. The van der Waals surface area contributed by atoms with Gasteiger partial charge in [-0.05, 0) is 42.3 Å². The topological polar surface area (TPSA) is 65.5 Å². The molecule has 0 unspecified atom stereocenters. The molecule has 0 atom stereocenters. The van der Waals surface area contributed by atoms with Crippen molar-refractivity contribution in [1.29, 1.82) is 0 Å². The van der Waals surface area contributed by atoms with Gasteiger partial charge < -0.3 is 16.0 Å². The van der Waals surface area contributed by atoms with Crippen LogP contribution in [0.4, 0.5) is 0 Å². The zero-order valence-corrected chi connectivity index (χ0v) is 18.0. The Morgan fingerprint density at radius 2 is 1.42 bits per heavy atom. The third kappa shape index (κ3) is 7.21. The van der Waals surface area contributed by atoms with Gasteiger partial charge in [-0.1, -0.05) is 35.9 Å². The number of hydrogen-bond donors (Lipinski definition) is 3. The minimum absolute atomic E-state index is 0. The second-order valence-corrected chi connectivity index (χ2v) is 5.90. The molecule has 0 saturated carbocycles. The third-order valence-electron chi connectivity index (χ3n) is 3.61. The van der Waals surface area contributed by atoms with E-state index in [0.717, 1.165) is 16.1 Å². The molecule has 0 heterocycles. The number of carbonyl (C=O) groups is 1. The molecule has 2 rings (SSSR count).